The van der Waals surface area contributed by atoms with Crippen molar-refractivity contribution >= 4 is 16.3 Å². The van der Waals surface area contributed by atoms with Crippen molar-refractivity contribution < 1.29 is 22.4 Å². The fraction of sp³-hybridized carbons (Fsp3) is 0.615. The third kappa shape index (κ3) is 2.31. The number of ketones is 1. The highest BCUT2D eigenvalue weighted by Crippen LogP contribution is 2.49. The van der Waals surface area contributed by atoms with Gasteiger partial charge in [0.1, 0.15) is 10.5 Å². The third-order valence-electron chi connectivity index (χ3n) is 3.64. The summed E-state index contributed by atoms with van der Waals surface area (Å²) in [4.78, 5) is 11.9. The molecular formula is C13H19F3O2Si. The summed E-state index contributed by atoms with van der Waals surface area (Å²) in [6.45, 7) is 4.95. The second-order valence-electron chi connectivity index (χ2n) is 4.43. The molecule has 0 radical (unpaired) electrons. The Bertz CT molecular complexity index is 438. The molecule has 1 aliphatic carbocycles. The Morgan fingerprint density at radius 3 is 2.11 bits per heavy atom. The van der Waals surface area contributed by atoms with E-state index in [0.717, 1.165) is 6.08 Å². The topological polar surface area (TPSA) is 26.3 Å². The SMILES string of the molecule is CCC1=CC(=O)C(CC)=C(CC)C1(O[SiH3])C(F)(F)F. The van der Waals surface area contributed by atoms with Crippen LogP contribution in [0, 0.1) is 0 Å². The Labute approximate surface area is 114 Å². The smallest absolute Gasteiger partial charge is 0.408 e. The number of carbonyl (C=O) groups excluding carboxylic acids is 1. The maximum Gasteiger partial charge on any atom is 0.424 e. The molecule has 0 bridgehead atoms. The van der Waals surface area contributed by atoms with Crippen molar-refractivity contribution in [1.29, 1.82) is 0 Å². The zero-order chi connectivity index (χ0) is 14.8. The number of alkyl halides is 3. The van der Waals surface area contributed by atoms with Gasteiger partial charge < -0.3 is 4.43 Å². The summed E-state index contributed by atoms with van der Waals surface area (Å²) in [6.07, 6.45) is -2.83. The van der Waals surface area contributed by atoms with Crippen LogP contribution < -0.4 is 0 Å². The van der Waals surface area contributed by atoms with Gasteiger partial charge in [0.25, 0.3) is 0 Å². The summed E-state index contributed by atoms with van der Waals surface area (Å²) in [5, 5.41) is 0. The maximum absolute atomic E-state index is 13.6. The van der Waals surface area contributed by atoms with Crippen molar-refractivity contribution in [2.24, 2.45) is 0 Å². The molecule has 0 aromatic carbocycles. The predicted octanol–water partition coefficient (Wildman–Crippen LogP) is 2.62. The first-order valence-corrected chi connectivity index (χ1v) is 7.21. The van der Waals surface area contributed by atoms with Gasteiger partial charge in [-0.25, -0.2) is 0 Å². The van der Waals surface area contributed by atoms with Crippen LogP contribution in [-0.2, 0) is 9.22 Å². The second kappa shape index (κ2) is 5.62. The number of halogens is 3. The predicted molar refractivity (Wildman–Crippen MR) is 70.8 cm³/mol. The molecule has 0 amide bonds. The van der Waals surface area contributed by atoms with Crippen molar-refractivity contribution in [2.75, 3.05) is 0 Å². The Morgan fingerprint density at radius 1 is 1.21 bits per heavy atom. The molecule has 1 aliphatic rings. The zero-order valence-electron chi connectivity index (χ0n) is 11.6. The van der Waals surface area contributed by atoms with E-state index in [4.69, 9.17) is 4.43 Å². The van der Waals surface area contributed by atoms with Gasteiger partial charge in [-0.15, -0.1) is 0 Å². The van der Waals surface area contributed by atoms with Crippen LogP contribution in [0.15, 0.2) is 22.8 Å². The summed E-state index contributed by atoms with van der Waals surface area (Å²) < 4.78 is 45.9. The Morgan fingerprint density at radius 2 is 1.79 bits per heavy atom. The highest BCUT2D eigenvalue weighted by molar-refractivity contribution is 6.07. The third-order valence-corrected chi connectivity index (χ3v) is 4.25. The van der Waals surface area contributed by atoms with Gasteiger partial charge in [0.05, 0.1) is 0 Å². The van der Waals surface area contributed by atoms with E-state index in [1.807, 2.05) is 0 Å². The molecule has 19 heavy (non-hydrogen) atoms. The Kier molecular flexibility index (Phi) is 4.79. The molecule has 0 N–H and O–H groups in total. The summed E-state index contributed by atoms with van der Waals surface area (Å²) in [5.41, 5.74) is -2.02. The molecule has 0 saturated carbocycles. The van der Waals surface area contributed by atoms with E-state index in [1.165, 1.54) is 0 Å². The molecule has 0 aromatic rings. The largest absolute Gasteiger partial charge is 0.424 e. The van der Waals surface area contributed by atoms with Gasteiger partial charge in [-0.05, 0) is 36.5 Å². The summed E-state index contributed by atoms with van der Waals surface area (Å²) in [6, 6.07) is 0. The quantitative estimate of drug-likeness (QED) is 0.745. The average molecular weight is 292 g/mol. The molecule has 6 heteroatoms. The number of allylic oxidation sites excluding steroid dienone is 2. The fourth-order valence-electron chi connectivity index (χ4n) is 2.83. The van der Waals surface area contributed by atoms with E-state index in [-0.39, 0.29) is 52.3 Å². The Hall–Kier alpha value is -0.883. The maximum atomic E-state index is 13.6. The van der Waals surface area contributed by atoms with Crippen molar-refractivity contribution in [3.05, 3.63) is 22.8 Å². The molecule has 108 valence electrons. The molecular weight excluding hydrogens is 273 g/mol. The van der Waals surface area contributed by atoms with Crippen LogP contribution in [-0.4, -0.2) is 28.0 Å². The normalized spacial score (nSPS) is 24.9. The second-order valence-corrected chi connectivity index (χ2v) is 4.84. The number of carbonyl (C=O) groups is 1. The van der Waals surface area contributed by atoms with Crippen LogP contribution >= 0.6 is 0 Å². The molecule has 0 saturated heterocycles. The summed E-state index contributed by atoms with van der Waals surface area (Å²) in [7, 11) is -0.0490. The number of hydrogen-bond acceptors (Lipinski definition) is 2. The summed E-state index contributed by atoms with van der Waals surface area (Å²) in [5.74, 6) is -0.310. The lowest BCUT2D eigenvalue weighted by molar-refractivity contribution is -0.220. The molecule has 1 atom stereocenters. The standard InChI is InChI=1S/C13H19F3O2Si/c1-4-8-7-11(17)9(5-2)10(6-3)12(8,18-19)13(14,15)16/h7H,4-6H2,1-3,19H3. The van der Waals surface area contributed by atoms with Crippen LogP contribution in [0.3, 0.4) is 0 Å². The van der Waals surface area contributed by atoms with Gasteiger partial charge in [-0.2, -0.15) is 13.2 Å². The average Bonchev–Trinajstić information content (AvgIpc) is 2.35. The number of hydrogen-bond donors (Lipinski definition) is 0. The lowest BCUT2D eigenvalue weighted by Crippen LogP contribution is -2.52. The minimum Gasteiger partial charge on any atom is -0.408 e. The first-order valence-electron chi connectivity index (χ1n) is 6.39. The van der Waals surface area contributed by atoms with E-state index < -0.39 is 11.8 Å². The highest BCUT2D eigenvalue weighted by atomic mass is 28.2. The van der Waals surface area contributed by atoms with Gasteiger partial charge in [-0.3, -0.25) is 4.79 Å². The van der Waals surface area contributed by atoms with E-state index in [0.29, 0.717) is 0 Å². The van der Waals surface area contributed by atoms with Crippen LogP contribution in [0.5, 0.6) is 0 Å². The monoisotopic (exact) mass is 292 g/mol. The Balaban J connectivity index is 3.65. The van der Waals surface area contributed by atoms with E-state index in [1.54, 1.807) is 20.8 Å². The molecule has 1 unspecified atom stereocenters. The van der Waals surface area contributed by atoms with Crippen molar-refractivity contribution in [1.82, 2.24) is 0 Å². The van der Waals surface area contributed by atoms with E-state index in [2.05, 4.69) is 0 Å². The van der Waals surface area contributed by atoms with E-state index >= 15 is 0 Å². The van der Waals surface area contributed by atoms with Crippen LogP contribution in [0.25, 0.3) is 0 Å². The van der Waals surface area contributed by atoms with Gasteiger partial charge >= 0.3 is 6.18 Å². The lowest BCUT2D eigenvalue weighted by Gasteiger charge is -2.42. The van der Waals surface area contributed by atoms with Crippen molar-refractivity contribution in [3.8, 4) is 0 Å². The molecule has 0 aliphatic heterocycles. The van der Waals surface area contributed by atoms with Crippen LogP contribution in [0.1, 0.15) is 40.0 Å². The molecule has 0 fully saturated rings. The van der Waals surface area contributed by atoms with Gasteiger partial charge in [-0.1, -0.05) is 20.8 Å². The highest BCUT2D eigenvalue weighted by Gasteiger charge is 2.60. The molecule has 1 rings (SSSR count). The van der Waals surface area contributed by atoms with Crippen molar-refractivity contribution in [3.63, 3.8) is 0 Å². The van der Waals surface area contributed by atoms with Gasteiger partial charge in [0.2, 0.25) is 0 Å². The summed E-state index contributed by atoms with van der Waals surface area (Å²) >= 11 is 0. The van der Waals surface area contributed by atoms with Crippen molar-refractivity contribution in [2.45, 2.75) is 51.8 Å². The zero-order valence-corrected chi connectivity index (χ0v) is 13.6. The molecule has 2 nitrogen and oxygen atoms in total. The van der Waals surface area contributed by atoms with Crippen LogP contribution in [0.4, 0.5) is 13.2 Å². The van der Waals surface area contributed by atoms with Crippen LogP contribution in [0.2, 0.25) is 0 Å². The minimum absolute atomic E-state index is 0.0223. The molecule has 0 aromatic heterocycles. The molecule has 0 heterocycles. The van der Waals surface area contributed by atoms with E-state index in [9.17, 15) is 18.0 Å². The van der Waals surface area contributed by atoms with Gasteiger partial charge in [0, 0.05) is 5.57 Å². The number of rotatable bonds is 4. The minimum atomic E-state index is -4.54. The molecule has 0 spiro atoms. The first kappa shape index (κ1) is 16.2. The lowest BCUT2D eigenvalue weighted by atomic mass is 9.74. The first-order chi connectivity index (χ1) is 8.79. The van der Waals surface area contributed by atoms with Gasteiger partial charge in [0.15, 0.2) is 11.4 Å². The fourth-order valence-corrected chi connectivity index (χ4v) is 3.57.